The van der Waals surface area contributed by atoms with Crippen molar-refractivity contribution in [1.82, 2.24) is 0 Å². The monoisotopic (exact) mass is 310 g/mol. The summed E-state index contributed by atoms with van der Waals surface area (Å²) in [4.78, 5) is 0.0156. The van der Waals surface area contributed by atoms with Gasteiger partial charge in [0.15, 0.2) is 0 Å². The van der Waals surface area contributed by atoms with Crippen LogP contribution in [0.1, 0.15) is 11.1 Å². The molecule has 0 fully saturated rings. The molecule has 0 saturated carbocycles. The second kappa shape index (κ2) is 5.34. The summed E-state index contributed by atoms with van der Waals surface area (Å²) in [5.41, 5.74) is 8.29. The number of anilines is 2. The second-order valence-electron chi connectivity index (χ2n) is 4.61. The lowest BCUT2D eigenvalue weighted by molar-refractivity contribution is 0.601. The molecule has 2 aromatic rings. The van der Waals surface area contributed by atoms with Gasteiger partial charge in [0.2, 0.25) is 0 Å². The fourth-order valence-electron chi connectivity index (χ4n) is 1.89. The lowest BCUT2D eigenvalue weighted by atomic mass is 10.1. The van der Waals surface area contributed by atoms with Crippen LogP contribution in [0.3, 0.4) is 0 Å². The van der Waals surface area contributed by atoms with Crippen LogP contribution in [0.15, 0.2) is 41.3 Å². The Morgan fingerprint density at radius 1 is 1.10 bits per heavy atom. The number of nitrogens with two attached hydrogens (primary N) is 1. The molecule has 0 aliphatic carbocycles. The first-order valence-corrected chi connectivity index (χ1v) is 7.81. The van der Waals surface area contributed by atoms with Gasteiger partial charge in [-0.05, 0) is 43.7 Å². The molecule has 0 aliphatic heterocycles. The molecule has 106 valence electrons. The number of nitrogens with one attached hydrogen (secondary N) is 1. The third-order valence-electron chi connectivity index (χ3n) is 2.89. The summed E-state index contributed by atoms with van der Waals surface area (Å²) >= 11 is 5.77. The highest BCUT2D eigenvalue weighted by atomic mass is 35.5. The minimum Gasteiger partial charge on any atom is -0.398 e. The van der Waals surface area contributed by atoms with Gasteiger partial charge in [-0.25, -0.2) is 8.42 Å². The molecule has 4 nitrogen and oxygen atoms in total. The van der Waals surface area contributed by atoms with Crippen LogP contribution in [0.5, 0.6) is 0 Å². The molecule has 0 atom stereocenters. The normalized spacial score (nSPS) is 11.3. The summed E-state index contributed by atoms with van der Waals surface area (Å²) < 4.78 is 27.2. The van der Waals surface area contributed by atoms with Crippen LogP contribution >= 0.6 is 11.6 Å². The van der Waals surface area contributed by atoms with Crippen LogP contribution in [0.2, 0.25) is 5.02 Å². The Labute approximate surface area is 123 Å². The van der Waals surface area contributed by atoms with E-state index in [0.717, 1.165) is 11.1 Å². The molecular weight excluding hydrogens is 296 g/mol. The van der Waals surface area contributed by atoms with Gasteiger partial charge in [-0.15, -0.1) is 0 Å². The maximum absolute atomic E-state index is 12.3. The SMILES string of the molecule is Cc1ccc(NS(=O)(=O)c2ccc(Cl)cc2N)c(C)c1. The van der Waals surface area contributed by atoms with Gasteiger partial charge in [0, 0.05) is 5.02 Å². The Balaban J connectivity index is 2.41. The molecule has 0 amide bonds. The molecule has 0 aromatic heterocycles. The number of halogens is 1. The summed E-state index contributed by atoms with van der Waals surface area (Å²) in [5.74, 6) is 0. The van der Waals surface area contributed by atoms with Crippen molar-refractivity contribution < 1.29 is 8.42 Å². The molecule has 0 radical (unpaired) electrons. The van der Waals surface area contributed by atoms with E-state index in [-0.39, 0.29) is 10.6 Å². The van der Waals surface area contributed by atoms with Gasteiger partial charge >= 0.3 is 0 Å². The molecule has 3 N–H and O–H groups in total. The average Bonchev–Trinajstić information content (AvgIpc) is 2.32. The molecule has 6 heteroatoms. The van der Waals surface area contributed by atoms with Crippen LogP contribution in [0, 0.1) is 13.8 Å². The number of rotatable bonds is 3. The van der Waals surface area contributed by atoms with Gasteiger partial charge in [-0.2, -0.15) is 0 Å². The van der Waals surface area contributed by atoms with E-state index in [0.29, 0.717) is 10.7 Å². The van der Waals surface area contributed by atoms with Crippen molar-refractivity contribution in [3.63, 3.8) is 0 Å². The van der Waals surface area contributed by atoms with Crippen molar-refractivity contribution in [2.75, 3.05) is 10.5 Å². The van der Waals surface area contributed by atoms with E-state index >= 15 is 0 Å². The second-order valence-corrected chi connectivity index (χ2v) is 6.69. The zero-order valence-corrected chi connectivity index (χ0v) is 12.7. The number of nitrogen functional groups attached to an aromatic ring is 1. The van der Waals surface area contributed by atoms with Crippen molar-refractivity contribution in [2.24, 2.45) is 0 Å². The molecular formula is C14H15ClN2O2S. The zero-order valence-electron chi connectivity index (χ0n) is 11.1. The van der Waals surface area contributed by atoms with Gasteiger partial charge in [0.25, 0.3) is 10.0 Å². The Bertz CT molecular complexity index is 758. The highest BCUT2D eigenvalue weighted by Crippen LogP contribution is 2.26. The number of benzene rings is 2. The minimum atomic E-state index is -3.73. The summed E-state index contributed by atoms with van der Waals surface area (Å²) in [5, 5.41) is 0.396. The lowest BCUT2D eigenvalue weighted by Gasteiger charge is -2.12. The topological polar surface area (TPSA) is 72.2 Å². The van der Waals surface area contributed by atoms with Crippen LogP contribution in [0.25, 0.3) is 0 Å². The first kappa shape index (κ1) is 14.7. The van der Waals surface area contributed by atoms with Crippen LogP contribution in [0.4, 0.5) is 11.4 Å². The molecule has 2 rings (SSSR count). The first-order chi connectivity index (χ1) is 9.29. The summed E-state index contributed by atoms with van der Waals surface area (Å²) in [6.07, 6.45) is 0. The van der Waals surface area contributed by atoms with Gasteiger partial charge < -0.3 is 5.73 Å². The van der Waals surface area contributed by atoms with E-state index in [2.05, 4.69) is 4.72 Å². The van der Waals surface area contributed by atoms with Crippen molar-refractivity contribution in [3.8, 4) is 0 Å². The highest BCUT2D eigenvalue weighted by Gasteiger charge is 2.18. The first-order valence-electron chi connectivity index (χ1n) is 5.95. The quantitative estimate of drug-likeness (QED) is 0.854. The van der Waals surface area contributed by atoms with Gasteiger partial charge in [-0.3, -0.25) is 4.72 Å². The molecule has 0 unspecified atom stereocenters. The highest BCUT2D eigenvalue weighted by molar-refractivity contribution is 7.92. The van der Waals surface area contributed by atoms with E-state index in [9.17, 15) is 8.42 Å². The predicted octanol–water partition coefficient (Wildman–Crippen LogP) is 3.34. The van der Waals surface area contributed by atoms with E-state index in [4.69, 9.17) is 17.3 Å². The van der Waals surface area contributed by atoms with E-state index < -0.39 is 10.0 Å². The van der Waals surface area contributed by atoms with Crippen LogP contribution < -0.4 is 10.5 Å². The summed E-state index contributed by atoms with van der Waals surface area (Å²) in [6.45, 7) is 3.79. The lowest BCUT2D eigenvalue weighted by Crippen LogP contribution is -2.15. The standard InChI is InChI=1S/C14H15ClN2O2S/c1-9-3-5-13(10(2)7-9)17-20(18,19)14-6-4-11(15)8-12(14)16/h3-8,17H,16H2,1-2H3. The zero-order chi connectivity index (χ0) is 14.9. The molecule has 20 heavy (non-hydrogen) atoms. The largest absolute Gasteiger partial charge is 0.398 e. The average molecular weight is 311 g/mol. The smallest absolute Gasteiger partial charge is 0.263 e. The van der Waals surface area contributed by atoms with Crippen molar-refractivity contribution >= 4 is 33.0 Å². The maximum Gasteiger partial charge on any atom is 0.263 e. The fourth-order valence-corrected chi connectivity index (χ4v) is 3.32. The molecule has 0 saturated heterocycles. The third kappa shape index (κ3) is 3.05. The van der Waals surface area contributed by atoms with Crippen LogP contribution in [-0.4, -0.2) is 8.42 Å². The molecule has 0 spiro atoms. The Hall–Kier alpha value is -1.72. The Morgan fingerprint density at radius 3 is 2.40 bits per heavy atom. The number of aryl methyl sites for hydroxylation is 2. The van der Waals surface area contributed by atoms with Gasteiger partial charge in [0.05, 0.1) is 11.4 Å². The minimum absolute atomic E-state index is 0.0156. The predicted molar refractivity (Wildman–Crippen MR) is 82.6 cm³/mol. The van der Waals surface area contributed by atoms with Crippen molar-refractivity contribution in [3.05, 3.63) is 52.5 Å². The molecule has 2 aromatic carbocycles. The fraction of sp³-hybridized carbons (Fsp3) is 0.143. The summed E-state index contributed by atoms with van der Waals surface area (Å²) in [6, 6.07) is 9.78. The number of sulfonamides is 1. The van der Waals surface area contributed by atoms with Crippen LogP contribution in [-0.2, 0) is 10.0 Å². The van der Waals surface area contributed by atoms with Gasteiger partial charge in [-0.1, -0.05) is 29.3 Å². The molecule has 0 bridgehead atoms. The Kier molecular flexibility index (Phi) is 3.92. The van der Waals surface area contributed by atoms with Crippen molar-refractivity contribution in [2.45, 2.75) is 18.7 Å². The third-order valence-corrected chi connectivity index (χ3v) is 4.56. The van der Waals surface area contributed by atoms with Crippen molar-refractivity contribution in [1.29, 1.82) is 0 Å². The molecule has 0 heterocycles. The number of hydrogen-bond acceptors (Lipinski definition) is 3. The summed E-state index contributed by atoms with van der Waals surface area (Å²) in [7, 11) is -3.73. The van der Waals surface area contributed by atoms with Gasteiger partial charge in [0.1, 0.15) is 4.90 Å². The van der Waals surface area contributed by atoms with E-state index in [1.54, 1.807) is 6.07 Å². The van der Waals surface area contributed by atoms with E-state index in [1.807, 2.05) is 26.0 Å². The maximum atomic E-state index is 12.3. The van der Waals surface area contributed by atoms with E-state index in [1.165, 1.54) is 18.2 Å². The number of hydrogen-bond donors (Lipinski definition) is 2. The molecule has 0 aliphatic rings. The Morgan fingerprint density at radius 2 is 1.80 bits per heavy atom.